The van der Waals surface area contributed by atoms with Crippen molar-refractivity contribution in [1.29, 1.82) is 0 Å². The molecule has 0 spiro atoms. The average molecular weight is 276 g/mol. The Hall–Kier alpha value is -1.55. The number of methoxy groups -OCH3 is 1. The van der Waals surface area contributed by atoms with Crippen molar-refractivity contribution in [2.24, 2.45) is 17.6 Å². The molecule has 4 heteroatoms. The van der Waals surface area contributed by atoms with Crippen LogP contribution in [0.5, 0.6) is 5.75 Å². The number of hydrogen-bond acceptors (Lipinski definition) is 4. The monoisotopic (exact) mass is 276 g/mol. The summed E-state index contributed by atoms with van der Waals surface area (Å²) in [7, 11) is 1.65. The van der Waals surface area contributed by atoms with E-state index < -0.39 is 0 Å². The molecule has 2 aromatic rings. The van der Waals surface area contributed by atoms with Crippen molar-refractivity contribution < 1.29 is 9.15 Å². The second kappa shape index (κ2) is 6.75. The highest BCUT2D eigenvalue weighted by Crippen LogP contribution is 2.24. The van der Waals surface area contributed by atoms with E-state index in [0.717, 1.165) is 48.5 Å². The van der Waals surface area contributed by atoms with Gasteiger partial charge in [0.2, 0.25) is 0 Å². The van der Waals surface area contributed by atoms with Crippen LogP contribution in [-0.2, 0) is 6.42 Å². The number of aryl methyl sites for hydroxylation is 1. The molecule has 2 N–H and O–H groups in total. The number of fused-ring (bicyclic) bond motifs is 1. The number of rotatable bonds is 7. The number of oxazole rings is 1. The summed E-state index contributed by atoms with van der Waals surface area (Å²) in [5, 5.41) is 0. The molecule has 0 saturated heterocycles. The minimum atomic E-state index is 0.629. The third kappa shape index (κ3) is 3.51. The molecule has 1 heterocycles. The largest absolute Gasteiger partial charge is 0.497 e. The van der Waals surface area contributed by atoms with Crippen LogP contribution in [0.2, 0.25) is 0 Å². The van der Waals surface area contributed by atoms with E-state index in [1.54, 1.807) is 7.11 Å². The van der Waals surface area contributed by atoms with E-state index in [2.05, 4.69) is 18.8 Å². The van der Waals surface area contributed by atoms with Gasteiger partial charge in [-0.05, 0) is 43.4 Å². The molecule has 0 saturated carbocycles. The molecule has 0 aliphatic carbocycles. The third-order valence-electron chi connectivity index (χ3n) is 3.85. The first-order chi connectivity index (χ1) is 9.63. The maximum Gasteiger partial charge on any atom is 0.195 e. The van der Waals surface area contributed by atoms with E-state index in [-0.39, 0.29) is 0 Å². The van der Waals surface area contributed by atoms with Crippen LogP contribution in [0.1, 0.15) is 32.6 Å². The lowest BCUT2D eigenvalue weighted by Gasteiger charge is -2.18. The molecule has 0 amide bonds. The van der Waals surface area contributed by atoms with Gasteiger partial charge in [-0.3, -0.25) is 0 Å². The molecule has 0 aliphatic heterocycles. The number of benzene rings is 1. The lowest BCUT2D eigenvalue weighted by molar-refractivity contribution is 0.330. The maximum absolute atomic E-state index is 5.80. The smallest absolute Gasteiger partial charge is 0.195 e. The molecule has 0 bridgehead atoms. The number of nitrogens with two attached hydrogens (primary N) is 1. The Kier molecular flexibility index (Phi) is 5.01. The number of ether oxygens (including phenoxy) is 1. The van der Waals surface area contributed by atoms with Gasteiger partial charge in [0.1, 0.15) is 11.3 Å². The molecule has 20 heavy (non-hydrogen) atoms. The van der Waals surface area contributed by atoms with E-state index in [1.165, 1.54) is 0 Å². The van der Waals surface area contributed by atoms with Crippen LogP contribution < -0.4 is 10.5 Å². The van der Waals surface area contributed by atoms with Crippen LogP contribution in [0.25, 0.3) is 11.1 Å². The fourth-order valence-corrected chi connectivity index (χ4v) is 2.52. The summed E-state index contributed by atoms with van der Waals surface area (Å²) in [6, 6.07) is 5.71. The molecular formula is C16H24N2O2. The first-order valence-corrected chi connectivity index (χ1v) is 7.27. The van der Waals surface area contributed by atoms with Gasteiger partial charge in [0.15, 0.2) is 11.5 Å². The second-order valence-corrected chi connectivity index (χ2v) is 5.56. The molecule has 0 radical (unpaired) electrons. The van der Waals surface area contributed by atoms with E-state index in [4.69, 9.17) is 14.9 Å². The lowest BCUT2D eigenvalue weighted by atomic mass is 9.88. The molecular weight excluding hydrogens is 252 g/mol. The van der Waals surface area contributed by atoms with Gasteiger partial charge in [0, 0.05) is 12.5 Å². The third-order valence-corrected chi connectivity index (χ3v) is 3.85. The Morgan fingerprint density at radius 3 is 2.75 bits per heavy atom. The topological polar surface area (TPSA) is 61.3 Å². The van der Waals surface area contributed by atoms with Crippen molar-refractivity contribution in [3.8, 4) is 5.75 Å². The minimum Gasteiger partial charge on any atom is -0.497 e. The van der Waals surface area contributed by atoms with E-state index >= 15 is 0 Å². The average Bonchev–Trinajstić information content (AvgIpc) is 2.84. The molecule has 0 fully saturated rings. The van der Waals surface area contributed by atoms with Gasteiger partial charge in [0.25, 0.3) is 0 Å². The molecule has 4 nitrogen and oxygen atoms in total. The maximum atomic E-state index is 5.80. The molecule has 0 aliphatic rings. The summed E-state index contributed by atoms with van der Waals surface area (Å²) in [5.41, 5.74) is 7.36. The van der Waals surface area contributed by atoms with Gasteiger partial charge in [-0.15, -0.1) is 0 Å². The van der Waals surface area contributed by atoms with E-state index in [0.29, 0.717) is 11.8 Å². The van der Waals surface area contributed by atoms with Gasteiger partial charge < -0.3 is 14.9 Å². The molecule has 110 valence electrons. The number of aromatic nitrogens is 1. The van der Waals surface area contributed by atoms with Gasteiger partial charge in [-0.25, -0.2) is 4.98 Å². The van der Waals surface area contributed by atoms with Gasteiger partial charge in [0.05, 0.1) is 7.11 Å². The quantitative estimate of drug-likeness (QED) is 0.842. The Morgan fingerprint density at radius 2 is 2.10 bits per heavy atom. The summed E-state index contributed by atoms with van der Waals surface area (Å²) < 4.78 is 11.0. The van der Waals surface area contributed by atoms with E-state index in [1.807, 2.05) is 18.2 Å². The summed E-state index contributed by atoms with van der Waals surface area (Å²) in [6.45, 7) is 5.24. The van der Waals surface area contributed by atoms with Crippen LogP contribution in [0.4, 0.5) is 0 Å². The predicted octanol–water partition coefficient (Wildman–Crippen LogP) is 3.39. The number of hydrogen-bond donors (Lipinski definition) is 1. The Labute approximate surface area is 120 Å². The van der Waals surface area contributed by atoms with Gasteiger partial charge >= 0.3 is 0 Å². The summed E-state index contributed by atoms with van der Waals surface area (Å²) in [6.07, 6.45) is 2.99. The standard InChI is InChI=1S/C16H24N2O2/c1-11(2)12(8-9-17)4-7-16-18-14-6-5-13(19-3)10-15(14)20-16/h5-6,10-12H,4,7-9,17H2,1-3H3. The highest BCUT2D eigenvalue weighted by Gasteiger charge is 2.14. The van der Waals surface area contributed by atoms with Crippen LogP contribution in [0, 0.1) is 11.8 Å². The fraction of sp³-hybridized carbons (Fsp3) is 0.562. The predicted molar refractivity (Wildman–Crippen MR) is 80.9 cm³/mol. The van der Waals surface area contributed by atoms with Crippen LogP contribution >= 0.6 is 0 Å². The van der Waals surface area contributed by atoms with Crippen LogP contribution in [0.3, 0.4) is 0 Å². The molecule has 2 rings (SSSR count). The van der Waals surface area contributed by atoms with Crippen molar-refractivity contribution in [3.05, 3.63) is 24.1 Å². The van der Waals surface area contributed by atoms with Crippen molar-refractivity contribution in [2.75, 3.05) is 13.7 Å². The summed E-state index contributed by atoms with van der Waals surface area (Å²) in [5.74, 6) is 2.87. The highest BCUT2D eigenvalue weighted by atomic mass is 16.5. The molecule has 1 aromatic heterocycles. The lowest BCUT2D eigenvalue weighted by Crippen LogP contribution is -2.15. The normalized spacial score (nSPS) is 13.1. The Balaban J connectivity index is 2.06. The molecule has 1 atom stereocenters. The molecule has 1 unspecified atom stereocenters. The van der Waals surface area contributed by atoms with Crippen molar-refractivity contribution in [3.63, 3.8) is 0 Å². The van der Waals surface area contributed by atoms with Gasteiger partial charge in [-0.1, -0.05) is 13.8 Å². The van der Waals surface area contributed by atoms with E-state index in [9.17, 15) is 0 Å². The fourth-order valence-electron chi connectivity index (χ4n) is 2.52. The number of nitrogens with zero attached hydrogens (tertiary/aromatic N) is 1. The van der Waals surface area contributed by atoms with Crippen molar-refractivity contribution in [1.82, 2.24) is 4.98 Å². The van der Waals surface area contributed by atoms with Crippen LogP contribution in [0.15, 0.2) is 22.6 Å². The second-order valence-electron chi connectivity index (χ2n) is 5.56. The summed E-state index contributed by atoms with van der Waals surface area (Å²) >= 11 is 0. The first kappa shape index (κ1) is 14.9. The SMILES string of the molecule is COc1ccc2nc(CCC(CCN)C(C)C)oc2c1. The highest BCUT2D eigenvalue weighted by molar-refractivity contribution is 5.74. The summed E-state index contributed by atoms with van der Waals surface area (Å²) in [4.78, 5) is 4.53. The van der Waals surface area contributed by atoms with Crippen molar-refractivity contribution in [2.45, 2.75) is 33.1 Å². The van der Waals surface area contributed by atoms with Gasteiger partial charge in [-0.2, -0.15) is 0 Å². The minimum absolute atomic E-state index is 0.629. The molecule has 1 aromatic carbocycles. The zero-order valence-corrected chi connectivity index (χ0v) is 12.6. The van der Waals surface area contributed by atoms with Crippen LogP contribution in [-0.4, -0.2) is 18.6 Å². The zero-order chi connectivity index (χ0) is 14.5. The Morgan fingerprint density at radius 1 is 1.30 bits per heavy atom. The first-order valence-electron chi connectivity index (χ1n) is 7.27. The zero-order valence-electron chi connectivity index (χ0n) is 12.6. The van der Waals surface area contributed by atoms with Crippen molar-refractivity contribution >= 4 is 11.1 Å². The Bertz CT molecular complexity index is 548.